The predicted octanol–water partition coefficient (Wildman–Crippen LogP) is 1.10. The summed E-state index contributed by atoms with van der Waals surface area (Å²) in [5.74, 6) is -0.535. The fourth-order valence-electron chi connectivity index (χ4n) is 2.37. The van der Waals surface area contributed by atoms with E-state index < -0.39 is 11.9 Å². The number of carboxylic acid groups (broad SMARTS) is 1. The Kier molecular flexibility index (Phi) is 4.31. The third-order valence-electron chi connectivity index (χ3n) is 3.32. The van der Waals surface area contributed by atoms with Crippen molar-refractivity contribution in [2.45, 2.75) is 26.3 Å². The summed E-state index contributed by atoms with van der Waals surface area (Å²) in [6.45, 7) is 5.42. The van der Waals surface area contributed by atoms with Gasteiger partial charge in [-0.05, 0) is 13.3 Å². The molecule has 1 saturated heterocycles. The molecule has 104 valence electrons. The first kappa shape index (κ1) is 13.7. The van der Waals surface area contributed by atoms with E-state index in [2.05, 4.69) is 16.9 Å². The van der Waals surface area contributed by atoms with Gasteiger partial charge in [0.05, 0.1) is 19.3 Å². The molecule has 2 atom stereocenters. The highest BCUT2D eigenvalue weighted by atomic mass is 16.5. The van der Waals surface area contributed by atoms with Crippen LogP contribution in [0, 0.1) is 12.8 Å². The van der Waals surface area contributed by atoms with Crippen molar-refractivity contribution in [2.75, 3.05) is 24.7 Å². The van der Waals surface area contributed by atoms with Crippen LogP contribution in [-0.2, 0) is 9.53 Å². The molecule has 0 radical (unpaired) electrons. The Morgan fingerprint density at radius 3 is 2.95 bits per heavy atom. The Hall–Kier alpha value is -1.69. The van der Waals surface area contributed by atoms with Crippen LogP contribution in [0.5, 0.6) is 0 Å². The van der Waals surface area contributed by atoms with Crippen LogP contribution in [0.1, 0.15) is 19.0 Å². The van der Waals surface area contributed by atoms with E-state index in [4.69, 9.17) is 4.74 Å². The first-order valence-electron chi connectivity index (χ1n) is 6.49. The largest absolute Gasteiger partial charge is 0.481 e. The fraction of sp³-hybridized carbons (Fsp3) is 0.615. The van der Waals surface area contributed by atoms with Crippen molar-refractivity contribution in [1.82, 2.24) is 9.97 Å². The number of carbonyl (C=O) groups is 1. The minimum absolute atomic E-state index is 0.160. The van der Waals surface area contributed by atoms with Crippen molar-refractivity contribution in [1.29, 1.82) is 0 Å². The van der Waals surface area contributed by atoms with Gasteiger partial charge in [0, 0.05) is 18.3 Å². The zero-order valence-corrected chi connectivity index (χ0v) is 11.2. The normalized spacial score (nSPS) is 22.4. The molecule has 1 aliphatic rings. The maximum absolute atomic E-state index is 11.3. The van der Waals surface area contributed by atoms with Crippen LogP contribution in [0.3, 0.4) is 0 Å². The van der Waals surface area contributed by atoms with Gasteiger partial charge in [0.15, 0.2) is 0 Å². The molecule has 0 spiro atoms. The molecule has 19 heavy (non-hydrogen) atoms. The maximum Gasteiger partial charge on any atom is 0.311 e. The summed E-state index contributed by atoms with van der Waals surface area (Å²) in [6, 6.07) is 1.72. The zero-order valence-electron chi connectivity index (χ0n) is 11.2. The number of anilines is 1. The highest BCUT2D eigenvalue weighted by Gasteiger charge is 2.38. The third kappa shape index (κ3) is 3.01. The maximum atomic E-state index is 11.3. The van der Waals surface area contributed by atoms with Crippen LogP contribution in [0.25, 0.3) is 0 Å². The molecule has 6 heteroatoms. The Balaban J connectivity index is 2.27. The van der Waals surface area contributed by atoms with Gasteiger partial charge in [-0.2, -0.15) is 0 Å². The molecule has 1 N–H and O–H groups in total. The number of ether oxygens (including phenoxy) is 1. The van der Waals surface area contributed by atoms with Crippen molar-refractivity contribution in [3.8, 4) is 0 Å². The molecule has 1 fully saturated rings. The van der Waals surface area contributed by atoms with Crippen LogP contribution in [0.15, 0.2) is 12.4 Å². The molecule has 0 saturated carbocycles. The van der Waals surface area contributed by atoms with Gasteiger partial charge in [-0.15, -0.1) is 0 Å². The molecule has 6 nitrogen and oxygen atoms in total. The summed E-state index contributed by atoms with van der Waals surface area (Å²) in [5.41, 5.74) is 0.872. The number of hydrogen-bond acceptors (Lipinski definition) is 5. The quantitative estimate of drug-likeness (QED) is 0.859. The number of aromatic nitrogens is 2. The molecule has 2 unspecified atom stereocenters. The Bertz CT molecular complexity index is 453. The number of carboxylic acids is 1. The molecule has 0 amide bonds. The Morgan fingerprint density at radius 2 is 2.32 bits per heavy atom. The highest BCUT2D eigenvalue weighted by molar-refractivity contribution is 5.72. The predicted molar refractivity (Wildman–Crippen MR) is 70.1 cm³/mol. The van der Waals surface area contributed by atoms with Crippen molar-refractivity contribution >= 4 is 11.8 Å². The summed E-state index contributed by atoms with van der Waals surface area (Å²) < 4.78 is 5.34. The molecule has 0 aliphatic carbocycles. The molecule has 1 aliphatic heterocycles. The summed E-state index contributed by atoms with van der Waals surface area (Å²) in [5, 5.41) is 9.26. The van der Waals surface area contributed by atoms with Gasteiger partial charge in [-0.25, -0.2) is 9.97 Å². The summed E-state index contributed by atoms with van der Waals surface area (Å²) in [6.07, 6.45) is 2.44. The first-order valence-corrected chi connectivity index (χ1v) is 6.49. The smallest absolute Gasteiger partial charge is 0.311 e. The molecule has 0 aromatic carbocycles. The lowest BCUT2D eigenvalue weighted by Gasteiger charge is -2.31. The summed E-state index contributed by atoms with van der Waals surface area (Å²) in [4.78, 5) is 21.6. The molecule has 2 rings (SSSR count). The van der Waals surface area contributed by atoms with Crippen LogP contribution in [0.2, 0.25) is 0 Å². The molecule has 1 aromatic heterocycles. The highest BCUT2D eigenvalue weighted by Crippen LogP contribution is 2.25. The van der Waals surface area contributed by atoms with Crippen LogP contribution >= 0.6 is 0 Å². The van der Waals surface area contributed by atoms with Crippen LogP contribution in [-0.4, -0.2) is 46.8 Å². The summed E-state index contributed by atoms with van der Waals surface area (Å²) in [7, 11) is 0. The Morgan fingerprint density at radius 1 is 1.53 bits per heavy atom. The van der Waals surface area contributed by atoms with Crippen molar-refractivity contribution in [3.05, 3.63) is 18.1 Å². The minimum atomic E-state index is -0.811. The van der Waals surface area contributed by atoms with E-state index in [9.17, 15) is 9.90 Å². The Labute approximate surface area is 112 Å². The SMILES string of the molecule is CCCN(c1cc(C)ncn1)C1COCC1C(=O)O. The number of nitrogens with zero attached hydrogens (tertiary/aromatic N) is 3. The second-order valence-corrected chi connectivity index (χ2v) is 4.76. The number of rotatable bonds is 5. The van der Waals surface area contributed by atoms with E-state index in [-0.39, 0.29) is 12.6 Å². The van der Waals surface area contributed by atoms with Gasteiger partial charge >= 0.3 is 5.97 Å². The van der Waals surface area contributed by atoms with Crippen molar-refractivity contribution < 1.29 is 14.6 Å². The van der Waals surface area contributed by atoms with E-state index in [1.54, 1.807) is 0 Å². The van der Waals surface area contributed by atoms with Gasteiger partial charge in [0.2, 0.25) is 0 Å². The molecular formula is C13H19N3O3. The van der Waals surface area contributed by atoms with Gasteiger partial charge < -0.3 is 14.7 Å². The van der Waals surface area contributed by atoms with E-state index in [1.807, 2.05) is 17.9 Å². The van der Waals surface area contributed by atoms with Gasteiger partial charge in [-0.3, -0.25) is 4.79 Å². The first-order chi connectivity index (χ1) is 9.13. The number of aryl methyl sites for hydroxylation is 1. The average Bonchev–Trinajstić information content (AvgIpc) is 2.85. The number of aliphatic carboxylic acids is 1. The van der Waals surface area contributed by atoms with E-state index in [0.29, 0.717) is 6.61 Å². The lowest BCUT2D eigenvalue weighted by Crippen LogP contribution is -2.44. The zero-order chi connectivity index (χ0) is 13.8. The van der Waals surface area contributed by atoms with Gasteiger partial charge in [0.1, 0.15) is 18.1 Å². The molecule has 0 bridgehead atoms. The standard InChI is InChI=1S/C13H19N3O3/c1-3-4-16(12-5-9(2)14-8-15-12)11-7-19-6-10(11)13(17)18/h5,8,10-11H,3-4,6-7H2,1-2H3,(H,17,18). The van der Waals surface area contributed by atoms with Gasteiger partial charge in [-0.1, -0.05) is 6.92 Å². The topological polar surface area (TPSA) is 75.5 Å². The molecule has 2 heterocycles. The van der Waals surface area contributed by atoms with E-state index in [0.717, 1.165) is 24.5 Å². The number of hydrogen-bond donors (Lipinski definition) is 1. The van der Waals surface area contributed by atoms with E-state index >= 15 is 0 Å². The second-order valence-electron chi connectivity index (χ2n) is 4.76. The second kappa shape index (κ2) is 5.97. The average molecular weight is 265 g/mol. The van der Waals surface area contributed by atoms with Crippen LogP contribution < -0.4 is 4.90 Å². The third-order valence-corrected chi connectivity index (χ3v) is 3.32. The van der Waals surface area contributed by atoms with Gasteiger partial charge in [0.25, 0.3) is 0 Å². The van der Waals surface area contributed by atoms with Crippen LogP contribution in [0.4, 0.5) is 5.82 Å². The lowest BCUT2D eigenvalue weighted by atomic mass is 10.0. The lowest BCUT2D eigenvalue weighted by molar-refractivity contribution is -0.141. The fourth-order valence-corrected chi connectivity index (χ4v) is 2.37. The monoisotopic (exact) mass is 265 g/mol. The summed E-state index contributed by atoms with van der Waals surface area (Å²) >= 11 is 0. The van der Waals surface area contributed by atoms with Crippen molar-refractivity contribution in [2.24, 2.45) is 5.92 Å². The molecular weight excluding hydrogens is 246 g/mol. The van der Waals surface area contributed by atoms with E-state index in [1.165, 1.54) is 6.33 Å². The van der Waals surface area contributed by atoms with Crippen molar-refractivity contribution in [3.63, 3.8) is 0 Å². The minimum Gasteiger partial charge on any atom is -0.481 e. The molecule has 1 aromatic rings.